The predicted molar refractivity (Wildman–Crippen MR) is 76.6 cm³/mol. The lowest BCUT2D eigenvalue weighted by Gasteiger charge is -2.07. The van der Waals surface area contributed by atoms with Crippen molar-refractivity contribution in [1.82, 2.24) is 15.3 Å². The fourth-order valence-corrected chi connectivity index (χ4v) is 1.50. The lowest BCUT2D eigenvalue weighted by Crippen LogP contribution is -2.28. The highest BCUT2D eigenvalue weighted by atomic mass is 16.5. The molecule has 1 aromatic heterocycles. The van der Waals surface area contributed by atoms with Gasteiger partial charge in [0.15, 0.2) is 0 Å². The van der Waals surface area contributed by atoms with Crippen molar-refractivity contribution < 1.29 is 14.3 Å². The molecule has 0 spiro atoms. The van der Waals surface area contributed by atoms with E-state index in [0.29, 0.717) is 19.0 Å². The van der Waals surface area contributed by atoms with Gasteiger partial charge in [0, 0.05) is 25.6 Å². The van der Waals surface area contributed by atoms with Crippen LogP contribution in [0.4, 0.5) is 11.8 Å². The molecule has 0 atom stereocenters. The van der Waals surface area contributed by atoms with Crippen LogP contribution >= 0.6 is 0 Å². The topological polar surface area (TPSA) is 139 Å². The largest absolute Gasteiger partial charge is 0.466 e. The Morgan fingerprint density at radius 3 is 2.81 bits per heavy atom. The van der Waals surface area contributed by atoms with E-state index in [2.05, 4.69) is 20.6 Å². The van der Waals surface area contributed by atoms with Gasteiger partial charge in [0.2, 0.25) is 11.9 Å². The second-order valence-corrected chi connectivity index (χ2v) is 4.10. The summed E-state index contributed by atoms with van der Waals surface area (Å²) in [5.41, 5.74) is 5.01. The van der Waals surface area contributed by atoms with Crippen molar-refractivity contribution in [3.8, 4) is 0 Å². The van der Waals surface area contributed by atoms with E-state index in [-0.39, 0.29) is 42.8 Å². The van der Waals surface area contributed by atoms with Crippen LogP contribution in [0.3, 0.4) is 0 Å². The van der Waals surface area contributed by atoms with E-state index >= 15 is 0 Å². The van der Waals surface area contributed by atoms with E-state index < -0.39 is 0 Å². The zero-order valence-electron chi connectivity index (χ0n) is 11.8. The fraction of sp³-hybridized carbons (Fsp3) is 0.500. The number of hydrogen-bond donors (Lipinski definition) is 4. The molecule has 1 heterocycles. The highest BCUT2D eigenvalue weighted by molar-refractivity contribution is 5.77. The molecule has 0 aromatic carbocycles. The van der Waals surface area contributed by atoms with Gasteiger partial charge in [-0.05, 0) is 6.92 Å². The molecule has 5 N–H and O–H groups in total. The molecule has 0 saturated carbocycles. The van der Waals surface area contributed by atoms with Crippen LogP contribution in [0.2, 0.25) is 0 Å². The summed E-state index contributed by atoms with van der Waals surface area (Å²) in [6.07, 6.45) is 0.316. The van der Waals surface area contributed by atoms with Gasteiger partial charge in [-0.1, -0.05) is 0 Å². The molecule has 116 valence electrons. The molecule has 9 heteroatoms. The van der Waals surface area contributed by atoms with Crippen LogP contribution in [0.15, 0.2) is 10.9 Å². The summed E-state index contributed by atoms with van der Waals surface area (Å²) < 4.78 is 4.73. The van der Waals surface area contributed by atoms with Crippen LogP contribution in [-0.2, 0) is 14.3 Å². The average molecular weight is 297 g/mol. The van der Waals surface area contributed by atoms with Gasteiger partial charge in [0.25, 0.3) is 5.56 Å². The third kappa shape index (κ3) is 6.95. The third-order valence-electron chi connectivity index (χ3n) is 2.37. The van der Waals surface area contributed by atoms with E-state index in [1.165, 1.54) is 6.07 Å². The number of nitrogens with two attached hydrogens (primary N) is 1. The number of amides is 1. The number of ether oxygens (including phenoxy) is 1. The van der Waals surface area contributed by atoms with Crippen LogP contribution in [0.1, 0.15) is 19.8 Å². The van der Waals surface area contributed by atoms with Crippen molar-refractivity contribution in [2.24, 2.45) is 0 Å². The zero-order valence-corrected chi connectivity index (χ0v) is 11.8. The number of nitrogens with one attached hydrogen (secondary N) is 3. The molecule has 1 amide bonds. The Morgan fingerprint density at radius 2 is 2.14 bits per heavy atom. The van der Waals surface area contributed by atoms with Crippen molar-refractivity contribution in [2.75, 3.05) is 30.7 Å². The van der Waals surface area contributed by atoms with Gasteiger partial charge in [0.1, 0.15) is 5.82 Å². The monoisotopic (exact) mass is 297 g/mol. The Bertz CT molecular complexity index is 543. The minimum atomic E-state index is -0.371. The van der Waals surface area contributed by atoms with Gasteiger partial charge in [0.05, 0.1) is 13.0 Å². The molecule has 0 radical (unpaired) electrons. The molecule has 21 heavy (non-hydrogen) atoms. The number of rotatable bonds is 8. The molecule has 0 unspecified atom stereocenters. The van der Waals surface area contributed by atoms with Gasteiger partial charge in [-0.15, -0.1) is 0 Å². The SMILES string of the molecule is CCOC(=O)CCNC(=O)CCNc1cc(=O)[nH]c(N)n1. The Labute approximate surface area is 121 Å². The van der Waals surface area contributed by atoms with Crippen LogP contribution in [0, 0.1) is 0 Å². The normalized spacial score (nSPS) is 9.95. The van der Waals surface area contributed by atoms with Crippen LogP contribution in [-0.4, -0.2) is 41.5 Å². The summed E-state index contributed by atoms with van der Waals surface area (Å²) in [5.74, 6) is -0.261. The van der Waals surface area contributed by atoms with E-state index in [9.17, 15) is 14.4 Å². The first kappa shape index (κ1) is 16.5. The number of anilines is 2. The summed E-state index contributed by atoms with van der Waals surface area (Å²) >= 11 is 0. The molecule has 0 aliphatic heterocycles. The maximum absolute atomic E-state index is 11.5. The maximum Gasteiger partial charge on any atom is 0.307 e. The number of H-pyrrole nitrogens is 1. The van der Waals surface area contributed by atoms with Crippen molar-refractivity contribution >= 4 is 23.6 Å². The number of aromatic amines is 1. The summed E-state index contributed by atoms with van der Waals surface area (Å²) in [7, 11) is 0. The number of nitrogen functional groups attached to an aromatic ring is 1. The second-order valence-electron chi connectivity index (χ2n) is 4.10. The highest BCUT2D eigenvalue weighted by Crippen LogP contribution is 1.99. The quantitative estimate of drug-likeness (QED) is 0.462. The molecule has 0 aliphatic rings. The number of hydrogen-bond acceptors (Lipinski definition) is 7. The molecule has 0 bridgehead atoms. The van der Waals surface area contributed by atoms with Crippen molar-refractivity contribution in [3.05, 3.63) is 16.4 Å². The molecule has 1 rings (SSSR count). The van der Waals surface area contributed by atoms with Gasteiger partial charge >= 0.3 is 5.97 Å². The summed E-state index contributed by atoms with van der Waals surface area (Å²) in [4.78, 5) is 39.8. The maximum atomic E-state index is 11.5. The smallest absolute Gasteiger partial charge is 0.307 e. The number of carbonyl (C=O) groups excluding carboxylic acids is 2. The fourth-order valence-electron chi connectivity index (χ4n) is 1.50. The van der Waals surface area contributed by atoms with Crippen LogP contribution < -0.4 is 21.9 Å². The molecular formula is C12H19N5O4. The average Bonchev–Trinajstić information content (AvgIpc) is 2.37. The molecule has 0 saturated heterocycles. The molecule has 0 aliphatic carbocycles. The lowest BCUT2D eigenvalue weighted by atomic mass is 10.3. The number of carbonyl (C=O) groups is 2. The van der Waals surface area contributed by atoms with Gasteiger partial charge in [-0.3, -0.25) is 19.4 Å². The Balaban J connectivity index is 2.21. The van der Waals surface area contributed by atoms with Crippen molar-refractivity contribution in [1.29, 1.82) is 0 Å². The molecule has 0 fully saturated rings. The standard InChI is InChI=1S/C12H19N5O4/c1-2-21-11(20)4-6-15-9(18)3-5-14-8-7-10(19)17-12(13)16-8/h7H,2-6H2,1H3,(H,15,18)(H4,13,14,16,17,19). The summed E-state index contributed by atoms with van der Waals surface area (Å²) in [6, 6.07) is 1.25. The van der Waals surface area contributed by atoms with Gasteiger partial charge < -0.3 is 21.1 Å². The van der Waals surface area contributed by atoms with Crippen molar-refractivity contribution in [3.63, 3.8) is 0 Å². The van der Waals surface area contributed by atoms with E-state index in [4.69, 9.17) is 10.5 Å². The first-order chi connectivity index (χ1) is 10.0. The third-order valence-corrected chi connectivity index (χ3v) is 2.37. The Kier molecular flexibility index (Phi) is 6.72. The Morgan fingerprint density at radius 1 is 1.38 bits per heavy atom. The van der Waals surface area contributed by atoms with Gasteiger partial charge in [-0.25, -0.2) is 0 Å². The predicted octanol–water partition coefficient (Wildman–Crippen LogP) is -0.776. The van der Waals surface area contributed by atoms with E-state index in [1.54, 1.807) is 6.92 Å². The minimum absolute atomic E-state index is 0.00360. The zero-order chi connectivity index (χ0) is 15.7. The first-order valence-electron chi connectivity index (χ1n) is 6.54. The molecule has 1 aromatic rings. The lowest BCUT2D eigenvalue weighted by molar-refractivity contribution is -0.143. The molecule has 9 nitrogen and oxygen atoms in total. The van der Waals surface area contributed by atoms with E-state index in [1.807, 2.05) is 0 Å². The minimum Gasteiger partial charge on any atom is -0.466 e. The molecular weight excluding hydrogens is 278 g/mol. The number of aromatic nitrogens is 2. The van der Waals surface area contributed by atoms with Crippen LogP contribution in [0.5, 0.6) is 0 Å². The number of esters is 1. The summed E-state index contributed by atoms with van der Waals surface area (Å²) in [6.45, 7) is 2.57. The number of nitrogens with zero attached hydrogens (tertiary/aromatic N) is 1. The van der Waals surface area contributed by atoms with Crippen LogP contribution in [0.25, 0.3) is 0 Å². The van der Waals surface area contributed by atoms with Crippen molar-refractivity contribution in [2.45, 2.75) is 19.8 Å². The summed E-state index contributed by atoms with van der Waals surface area (Å²) in [5, 5.41) is 5.40. The van der Waals surface area contributed by atoms with Gasteiger partial charge in [-0.2, -0.15) is 4.98 Å². The second kappa shape index (κ2) is 8.56. The van der Waals surface area contributed by atoms with E-state index in [0.717, 1.165) is 0 Å². The Hall–Kier alpha value is -2.58. The highest BCUT2D eigenvalue weighted by Gasteiger charge is 2.05. The first-order valence-corrected chi connectivity index (χ1v) is 6.54.